The molecule has 0 aliphatic carbocycles. The number of carbonyl (C=O) groups excluding carboxylic acids is 2. The van der Waals surface area contributed by atoms with Gasteiger partial charge in [-0.15, -0.1) is 6.58 Å². The Bertz CT molecular complexity index is 553. The van der Waals surface area contributed by atoms with Gasteiger partial charge in [0.2, 0.25) is 5.91 Å². The summed E-state index contributed by atoms with van der Waals surface area (Å²) in [6.07, 6.45) is 2.66. The van der Waals surface area contributed by atoms with Crippen molar-refractivity contribution in [3.05, 3.63) is 12.7 Å². The summed E-state index contributed by atoms with van der Waals surface area (Å²) in [6, 6.07) is -0.995. The summed E-state index contributed by atoms with van der Waals surface area (Å²) in [5.74, 6) is -1.44. The zero-order valence-corrected chi connectivity index (χ0v) is 16.5. The van der Waals surface area contributed by atoms with Crippen LogP contribution in [0.5, 0.6) is 0 Å². The van der Waals surface area contributed by atoms with Crippen LogP contribution in [0.15, 0.2) is 12.7 Å². The van der Waals surface area contributed by atoms with Crippen molar-refractivity contribution in [3.63, 3.8) is 0 Å². The molecule has 148 valence electrons. The summed E-state index contributed by atoms with van der Waals surface area (Å²) in [5.41, 5.74) is -1.84. The molecule has 26 heavy (non-hydrogen) atoms. The maximum atomic E-state index is 13.1. The monoisotopic (exact) mass is 368 g/mol. The number of rotatable bonds is 7. The number of nitrogens with one attached hydrogen (secondary N) is 1. The van der Waals surface area contributed by atoms with Crippen LogP contribution in [0.25, 0.3) is 0 Å². The first-order valence-electron chi connectivity index (χ1n) is 9.08. The van der Waals surface area contributed by atoms with Crippen LogP contribution in [0, 0.1) is 5.92 Å². The zero-order valence-electron chi connectivity index (χ0n) is 16.5. The maximum Gasteiger partial charge on any atom is 0.411 e. The van der Waals surface area contributed by atoms with Gasteiger partial charge >= 0.3 is 12.1 Å². The van der Waals surface area contributed by atoms with E-state index in [4.69, 9.17) is 4.74 Å². The van der Waals surface area contributed by atoms with Crippen LogP contribution < -0.4 is 5.32 Å². The molecule has 0 aromatic carbocycles. The highest BCUT2D eigenvalue weighted by atomic mass is 16.6. The summed E-state index contributed by atoms with van der Waals surface area (Å²) < 4.78 is 5.45. The van der Waals surface area contributed by atoms with Gasteiger partial charge in [0.1, 0.15) is 17.2 Å². The molecule has 2 amide bonds. The van der Waals surface area contributed by atoms with Crippen LogP contribution in [-0.4, -0.2) is 51.7 Å². The van der Waals surface area contributed by atoms with E-state index in [1.165, 1.54) is 4.90 Å². The van der Waals surface area contributed by atoms with Crippen molar-refractivity contribution >= 4 is 18.0 Å². The number of hydrogen-bond donors (Lipinski definition) is 2. The molecule has 0 aromatic heterocycles. The maximum absolute atomic E-state index is 13.1. The fourth-order valence-corrected chi connectivity index (χ4v) is 3.23. The van der Waals surface area contributed by atoms with Gasteiger partial charge in [-0.1, -0.05) is 19.9 Å². The summed E-state index contributed by atoms with van der Waals surface area (Å²) in [7, 11) is 0. The van der Waals surface area contributed by atoms with E-state index in [1.807, 2.05) is 13.8 Å². The molecular formula is C19H32N2O5. The average Bonchev–Trinajstić information content (AvgIpc) is 2.89. The molecule has 1 aliphatic heterocycles. The molecule has 0 aromatic rings. The Labute approximate surface area is 155 Å². The normalized spacial score (nSPS) is 21.4. The molecule has 1 heterocycles. The van der Waals surface area contributed by atoms with Gasteiger partial charge in [0.15, 0.2) is 0 Å². The largest absolute Gasteiger partial charge is 0.480 e. The third kappa shape index (κ3) is 5.47. The predicted octanol–water partition coefficient (Wildman–Crippen LogP) is 2.95. The van der Waals surface area contributed by atoms with E-state index in [0.29, 0.717) is 25.8 Å². The van der Waals surface area contributed by atoms with Crippen LogP contribution >= 0.6 is 0 Å². The van der Waals surface area contributed by atoms with Gasteiger partial charge in [0.05, 0.1) is 0 Å². The van der Waals surface area contributed by atoms with Crippen LogP contribution in [0.1, 0.15) is 60.3 Å². The molecule has 1 fully saturated rings. The predicted molar refractivity (Wildman–Crippen MR) is 98.7 cm³/mol. The number of hydrogen-bond acceptors (Lipinski definition) is 4. The highest BCUT2D eigenvalue weighted by Crippen LogP contribution is 2.35. The summed E-state index contributed by atoms with van der Waals surface area (Å²) >= 11 is 0. The van der Waals surface area contributed by atoms with E-state index >= 15 is 0 Å². The molecule has 0 radical (unpaired) electrons. The molecule has 7 heteroatoms. The fraction of sp³-hybridized carbons (Fsp3) is 0.737. The van der Waals surface area contributed by atoms with Gasteiger partial charge < -0.3 is 15.2 Å². The summed E-state index contributed by atoms with van der Waals surface area (Å²) in [4.78, 5) is 38.6. The highest BCUT2D eigenvalue weighted by Gasteiger charge is 2.50. The Hall–Kier alpha value is -2.05. The smallest absolute Gasteiger partial charge is 0.411 e. The molecular weight excluding hydrogens is 336 g/mol. The SMILES string of the molecule is C=CC[C@]1(C(=O)N[C@H](CC(C)C)C(=O)O)CCCN1C(=O)OC(C)(C)C. The number of likely N-dealkylation sites (tertiary alicyclic amines) is 1. The second-order valence-corrected chi connectivity index (χ2v) is 8.25. The van der Waals surface area contributed by atoms with Crippen molar-refractivity contribution in [2.75, 3.05) is 6.54 Å². The van der Waals surface area contributed by atoms with Crippen LogP contribution in [0.2, 0.25) is 0 Å². The minimum atomic E-state index is -1.16. The van der Waals surface area contributed by atoms with Crippen LogP contribution in [-0.2, 0) is 14.3 Å². The van der Waals surface area contributed by atoms with Crippen molar-refractivity contribution < 1.29 is 24.2 Å². The fourth-order valence-electron chi connectivity index (χ4n) is 3.23. The van der Waals surface area contributed by atoms with Crippen LogP contribution in [0.4, 0.5) is 4.79 Å². The first kappa shape index (κ1) is 22.0. The Balaban J connectivity index is 3.09. The Morgan fingerprint density at radius 1 is 1.35 bits per heavy atom. The van der Waals surface area contributed by atoms with Crippen molar-refractivity contribution in [1.82, 2.24) is 10.2 Å². The number of nitrogens with zero attached hydrogens (tertiary/aromatic N) is 1. The third-order valence-electron chi connectivity index (χ3n) is 4.32. The number of carbonyl (C=O) groups is 3. The van der Waals surface area contributed by atoms with E-state index in [-0.39, 0.29) is 12.3 Å². The number of amides is 2. The third-order valence-corrected chi connectivity index (χ3v) is 4.32. The minimum Gasteiger partial charge on any atom is -0.480 e. The van der Waals surface area contributed by atoms with E-state index in [2.05, 4.69) is 11.9 Å². The molecule has 0 spiro atoms. The zero-order chi connectivity index (χ0) is 20.1. The van der Waals surface area contributed by atoms with Gasteiger partial charge in [-0.25, -0.2) is 9.59 Å². The van der Waals surface area contributed by atoms with E-state index in [1.54, 1.807) is 26.8 Å². The first-order valence-corrected chi connectivity index (χ1v) is 9.08. The molecule has 0 unspecified atom stereocenters. The lowest BCUT2D eigenvalue weighted by Crippen LogP contribution is -2.60. The second kappa shape index (κ2) is 8.56. The van der Waals surface area contributed by atoms with Gasteiger partial charge in [-0.2, -0.15) is 0 Å². The lowest BCUT2D eigenvalue weighted by molar-refractivity contribution is -0.144. The van der Waals surface area contributed by atoms with Crippen molar-refractivity contribution in [3.8, 4) is 0 Å². The quantitative estimate of drug-likeness (QED) is 0.674. The number of ether oxygens (including phenoxy) is 1. The minimum absolute atomic E-state index is 0.109. The number of carboxylic acids is 1. The Morgan fingerprint density at radius 3 is 2.42 bits per heavy atom. The van der Waals surface area contributed by atoms with Gasteiger partial charge in [-0.05, 0) is 52.4 Å². The Morgan fingerprint density at radius 2 is 1.96 bits per heavy atom. The Kier molecular flexibility index (Phi) is 7.24. The van der Waals surface area contributed by atoms with Crippen molar-refractivity contribution in [2.45, 2.75) is 77.5 Å². The highest BCUT2D eigenvalue weighted by molar-refractivity contribution is 5.93. The molecule has 7 nitrogen and oxygen atoms in total. The molecule has 2 atom stereocenters. The summed E-state index contributed by atoms with van der Waals surface area (Å²) in [5, 5.41) is 12.0. The standard InChI is InChI=1S/C19H32N2O5/c1-7-9-19(16(24)20-14(15(22)23)12-13(2)3)10-8-11-21(19)17(25)26-18(4,5)6/h7,13-14H,1,8-12H2,2-6H3,(H,20,24)(H,22,23)/t14-,19-/m1/s1. The van der Waals surface area contributed by atoms with E-state index in [9.17, 15) is 19.5 Å². The topological polar surface area (TPSA) is 95.9 Å². The van der Waals surface area contributed by atoms with E-state index < -0.39 is 35.2 Å². The molecule has 2 N–H and O–H groups in total. The lowest BCUT2D eigenvalue weighted by atomic mass is 9.90. The van der Waals surface area contributed by atoms with Crippen LogP contribution in [0.3, 0.4) is 0 Å². The molecule has 1 aliphatic rings. The number of aliphatic carboxylic acids is 1. The van der Waals surface area contributed by atoms with Gasteiger partial charge in [-0.3, -0.25) is 9.69 Å². The van der Waals surface area contributed by atoms with E-state index in [0.717, 1.165) is 0 Å². The van der Waals surface area contributed by atoms with Crippen molar-refractivity contribution in [1.29, 1.82) is 0 Å². The average molecular weight is 368 g/mol. The van der Waals surface area contributed by atoms with Gasteiger partial charge in [0.25, 0.3) is 0 Å². The molecule has 0 bridgehead atoms. The summed E-state index contributed by atoms with van der Waals surface area (Å²) in [6.45, 7) is 13.2. The first-order chi connectivity index (χ1) is 11.9. The van der Waals surface area contributed by atoms with Gasteiger partial charge in [0, 0.05) is 6.54 Å². The van der Waals surface area contributed by atoms with Crippen molar-refractivity contribution in [2.24, 2.45) is 5.92 Å². The molecule has 0 saturated carbocycles. The molecule has 1 saturated heterocycles. The molecule has 1 rings (SSSR count). The lowest BCUT2D eigenvalue weighted by Gasteiger charge is -2.38. The second-order valence-electron chi connectivity index (χ2n) is 8.25. The number of carboxylic acid groups (broad SMARTS) is 1.